The summed E-state index contributed by atoms with van der Waals surface area (Å²) in [6.45, 7) is 5.89. The van der Waals surface area contributed by atoms with Crippen molar-refractivity contribution < 1.29 is 14.2 Å². The third-order valence-corrected chi connectivity index (χ3v) is 4.45. The van der Waals surface area contributed by atoms with Crippen LogP contribution in [0.1, 0.15) is 37.6 Å². The number of halogens is 2. The molecule has 0 amide bonds. The molecule has 2 atom stereocenters. The van der Waals surface area contributed by atoms with Gasteiger partial charge in [-0.2, -0.15) is 0 Å². The highest BCUT2D eigenvalue weighted by Crippen LogP contribution is 2.41. The minimum atomic E-state index is -0.179. The van der Waals surface area contributed by atoms with Crippen molar-refractivity contribution >= 4 is 27.5 Å². The summed E-state index contributed by atoms with van der Waals surface area (Å²) >= 11 is 10.1. The molecule has 2 unspecified atom stereocenters. The van der Waals surface area contributed by atoms with E-state index in [2.05, 4.69) is 15.9 Å². The van der Waals surface area contributed by atoms with Crippen LogP contribution in [0.15, 0.2) is 16.6 Å². The zero-order chi connectivity index (χ0) is 14.5. The molecular formula is C15H20BrClO3. The Labute approximate surface area is 133 Å². The summed E-state index contributed by atoms with van der Waals surface area (Å²) in [4.78, 5) is 0. The monoisotopic (exact) mass is 362 g/mol. The molecule has 0 N–H and O–H groups in total. The SMILES string of the molecule is CCOc1cc(Br)c(C(Cl)C2CCCO2)cc1OCC. The van der Waals surface area contributed by atoms with Crippen LogP contribution in [-0.2, 0) is 4.74 Å². The van der Waals surface area contributed by atoms with Gasteiger partial charge in [0.05, 0.1) is 24.7 Å². The molecule has 1 saturated heterocycles. The zero-order valence-electron chi connectivity index (χ0n) is 11.8. The highest BCUT2D eigenvalue weighted by Gasteiger charge is 2.28. The number of rotatable bonds is 6. The number of hydrogen-bond donors (Lipinski definition) is 0. The summed E-state index contributed by atoms with van der Waals surface area (Å²) < 4.78 is 17.9. The topological polar surface area (TPSA) is 27.7 Å². The van der Waals surface area contributed by atoms with Crippen molar-refractivity contribution in [3.8, 4) is 11.5 Å². The zero-order valence-corrected chi connectivity index (χ0v) is 14.2. The Morgan fingerprint density at radius 2 is 1.95 bits per heavy atom. The molecular weight excluding hydrogens is 344 g/mol. The van der Waals surface area contributed by atoms with Crippen LogP contribution in [0.5, 0.6) is 11.5 Å². The van der Waals surface area contributed by atoms with Gasteiger partial charge in [-0.1, -0.05) is 15.9 Å². The Balaban J connectivity index is 2.29. The average Bonchev–Trinajstić information content (AvgIpc) is 2.95. The van der Waals surface area contributed by atoms with E-state index in [0.29, 0.717) is 13.2 Å². The molecule has 2 rings (SSSR count). The van der Waals surface area contributed by atoms with E-state index in [1.54, 1.807) is 0 Å². The Kier molecular flexibility index (Phi) is 6.00. The van der Waals surface area contributed by atoms with Gasteiger partial charge in [0.2, 0.25) is 0 Å². The van der Waals surface area contributed by atoms with Crippen LogP contribution in [0.25, 0.3) is 0 Å². The molecule has 0 saturated carbocycles. The van der Waals surface area contributed by atoms with Gasteiger partial charge in [0, 0.05) is 11.1 Å². The molecule has 1 aromatic carbocycles. The predicted octanol–water partition coefficient (Wildman–Crippen LogP) is 4.71. The fraction of sp³-hybridized carbons (Fsp3) is 0.600. The van der Waals surface area contributed by atoms with E-state index in [0.717, 1.165) is 41.0 Å². The van der Waals surface area contributed by atoms with Crippen molar-refractivity contribution in [2.75, 3.05) is 19.8 Å². The van der Waals surface area contributed by atoms with Crippen molar-refractivity contribution in [2.24, 2.45) is 0 Å². The molecule has 112 valence electrons. The van der Waals surface area contributed by atoms with Crippen LogP contribution in [0.2, 0.25) is 0 Å². The Morgan fingerprint density at radius 1 is 1.30 bits per heavy atom. The Bertz CT molecular complexity index is 447. The van der Waals surface area contributed by atoms with E-state index in [1.807, 2.05) is 26.0 Å². The lowest BCUT2D eigenvalue weighted by atomic mass is 10.0. The van der Waals surface area contributed by atoms with Gasteiger partial charge in [-0.05, 0) is 44.4 Å². The van der Waals surface area contributed by atoms with Crippen LogP contribution < -0.4 is 9.47 Å². The van der Waals surface area contributed by atoms with Crippen LogP contribution in [-0.4, -0.2) is 25.9 Å². The molecule has 1 aromatic rings. The van der Waals surface area contributed by atoms with Gasteiger partial charge in [-0.3, -0.25) is 0 Å². The maximum Gasteiger partial charge on any atom is 0.162 e. The first-order valence-electron chi connectivity index (χ1n) is 7.02. The van der Waals surface area contributed by atoms with Crippen LogP contribution >= 0.6 is 27.5 Å². The molecule has 0 spiro atoms. The molecule has 0 radical (unpaired) electrons. The van der Waals surface area contributed by atoms with Crippen molar-refractivity contribution in [1.82, 2.24) is 0 Å². The lowest BCUT2D eigenvalue weighted by Crippen LogP contribution is -2.13. The van der Waals surface area contributed by atoms with E-state index >= 15 is 0 Å². The molecule has 1 aliphatic heterocycles. The smallest absolute Gasteiger partial charge is 0.162 e. The van der Waals surface area contributed by atoms with Crippen molar-refractivity contribution in [3.05, 3.63) is 22.2 Å². The second kappa shape index (κ2) is 7.53. The molecule has 1 heterocycles. The van der Waals surface area contributed by atoms with Crippen molar-refractivity contribution in [3.63, 3.8) is 0 Å². The third-order valence-electron chi connectivity index (χ3n) is 3.25. The largest absolute Gasteiger partial charge is 0.490 e. The fourth-order valence-electron chi connectivity index (χ4n) is 2.33. The summed E-state index contributed by atoms with van der Waals surface area (Å²) in [6, 6.07) is 3.88. The van der Waals surface area contributed by atoms with Crippen molar-refractivity contribution in [1.29, 1.82) is 0 Å². The number of benzene rings is 1. The van der Waals surface area contributed by atoms with E-state index in [9.17, 15) is 0 Å². The quantitative estimate of drug-likeness (QED) is 0.685. The Morgan fingerprint density at radius 3 is 2.50 bits per heavy atom. The van der Waals surface area contributed by atoms with E-state index in [-0.39, 0.29) is 11.5 Å². The minimum Gasteiger partial charge on any atom is -0.490 e. The number of alkyl halides is 1. The van der Waals surface area contributed by atoms with E-state index in [4.69, 9.17) is 25.8 Å². The first-order chi connectivity index (χ1) is 9.67. The summed E-state index contributed by atoms with van der Waals surface area (Å²) in [6.07, 6.45) is 2.14. The van der Waals surface area contributed by atoms with Gasteiger partial charge in [0.1, 0.15) is 0 Å². The van der Waals surface area contributed by atoms with Gasteiger partial charge >= 0.3 is 0 Å². The maximum absolute atomic E-state index is 6.57. The van der Waals surface area contributed by atoms with Gasteiger partial charge < -0.3 is 14.2 Å². The molecule has 20 heavy (non-hydrogen) atoms. The summed E-state index contributed by atoms with van der Waals surface area (Å²) in [5.41, 5.74) is 0.991. The van der Waals surface area contributed by atoms with Crippen LogP contribution in [0.4, 0.5) is 0 Å². The van der Waals surface area contributed by atoms with Crippen LogP contribution in [0, 0.1) is 0 Å². The predicted molar refractivity (Wildman–Crippen MR) is 84.0 cm³/mol. The number of hydrogen-bond acceptors (Lipinski definition) is 3. The first-order valence-corrected chi connectivity index (χ1v) is 8.25. The first kappa shape index (κ1) is 15.9. The van der Waals surface area contributed by atoms with Gasteiger partial charge in [-0.25, -0.2) is 0 Å². The lowest BCUT2D eigenvalue weighted by molar-refractivity contribution is 0.107. The standard InChI is InChI=1S/C15H20BrClO3/c1-3-18-13-8-10(11(16)9-14(13)19-4-2)15(17)12-6-5-7-20-12/h8-9,12,15H,3-7H2,1-2H3. The normalized spacial score (nSPS) is 19.9. The molecule has 0 bridgehead atoms. The van der Waals surface area contributed by atoms with Crippen LogP contribution in [0.3, 0.4) is 0 Å². The number of ether oxygens (including phenoxy) is 3. The molecule has 0 aliphatic carbocycles. The third kappa shape index (κ3) is 3.60. The second-order valence-electron chi connectivity index (χ2n) is 4.64. The van der Waals surface area contributed by atoms with Gasteiger partial charge in [-0.15, -0.1) is 11.6 Å². The summed E-state index contributed by atoms with van der Waals surface area (Å²) in [5, 5.41) is -0.179. The van der Waals surface area contributed by atoms with Gasteiger partial charge in [0.25, 0.3) is 0 Å². The molecule has 1 aliphatic rings. The Hall–Kier alpha value is -0.450. The van der Waals surface area contributed by atoms with E-state index in [1.165, 1.54) is 0 Å². The summed E-state index contributed by atoms with van der Waals surface area (Å²) in [5.74, 6) is 1.47. The lowest BCUT2D eigenvalue weighted by Gasteiger charge is -2.20. The molecule has 3 nitrogen and oxygen atoms in total. The molecule has 5 heteroatoms. The highest BCUT2D eigenvalue weighted by molar-refractivity contribution is 9.10. The second-order valence-corrected chi connectivity index (χ2v) is 5.96. The highest BCUT2D eigenvalue weighted by atomic mass is 79.9. The van der Waals surface area contributed by atoms with Crippen molar-refractivity contribution in [2.45, 2.75) is 38.2 Å². The minimum absolute atomic E-state index is 0.0698. The molecule has 1 fully saturated rings. The van der Waals surface area contributed by atoms with Gasteiger partial charge in [0.15, 0.2) is 11.5 Å². The van der Waals surface area contributed by atoms with E-state index < -0.39 is 0 Å². The summed E-state index contributed by atoms with van der Waals surface area (Å²) in [7, 11) is 0. The fourth-order valence-corrected chi connectivity index (χ4v) is 3.41. The molecule has 0 aromatic heterocycles. The maximum atomic E-state index is 6.57. The average molecular weight is 364 g/mol.